The van der Waals surface area contributed by atoms with Crippen LogP contribution in [-0.4, -0.2) is 12.0 Å². The summed E-state index contributed by atoms with van der Waals surface area (Å²) in [5.41, 5.74) is 8.64. The summed E-state index contributed by atoms with van der Waals surface area (Å²) in [7, 11) is 2.02. The zero-order valence-electron chi connectivity index (χ0n) is 11.8. The van der Waals surface area contributed by atoms with Crippen molar-refractivity contribution in [2.75, 3.05) is 17.7 Å². The van der Waals surface area contributed by atoms with Crippen LogP contribution in [0.15, 0.2) is 54.6 Å². The SMILES string of the molecule is CN(Cc1cccc(Cl)c1)c1ccc2cc(N)ccc2n1. The summed E-state index contributed by atoms with van der Waals surface area (Å²) < 4.78 is 0. The van der Waals surface area contributed by atoms with Crippen LogP contribution in [0.2, 0.25) is 5.02 Å². The molecule has 0 saturated carbocycles. The molecule has 0 aliphatic heterocycles. The minimum Gasteiger partial charge on any atom is -0.399 e. The van der Waals surface area contributed by atoms with E-state index in [0.717, 1.165) is 39.5 Å². The van der Waals surface area contributed by atoms with Crippen molar-refractivity contribution < 1.29 is 0 Å². The van der Waals surface area contributed by atoms with Crippen LogP contribution in [0.1, 0.15) is 5.56 Å². The van der Waals surface area contributed by atoms with Crippen molar-refractivity contribution in [2.45, 2.75) is 6.54 Å². The molecule has 0 atom stereocenters. The van der Waals surface area contributed by atoms with Crippen molar-refractivity contribution in [2.24, 2.45) is 0 Å². The van der Waals surface area contributed by atoms with Crippen molar-refractivity contribution in [1.82, 2.24) is 4.98 Å². The van der Waals surface area contributed by atoms with E-state index in [1.807, 2.05) is 55.6 Å². The number of fused-ring (bicyclic) bond motifs is 1. The van der Waals surface area contributed by atoms with Crippen molar-refractivity contribution in [3.8, 4) is 0 Å². The van der Waals surface area contributed by atoms with Gasteiger partial charge in [-0.25, -0.2) is 4.98 Å². The van der Waals surface area contributed by atoms with E-state index in [0.29, 0.717) is 0 Å². The van der Waals surface area contributed by atoms with Gasteiger partial charge in [0.15, 0.2) is 0 Å². The van der Waals surface area contributed by atoms with Gasteiger partial charge >= 0.3 is 0 Å². The number of rotatable bonds is 3. The summed E-state index contributed by atoms with van der Waals surface area (Å²) in [5, 5.41) is 1.80. The number of aromatic nitrogens is 1. The Hall–Kier alpha value is -2.26. The number of hydrogen-bond donors (Lipinski definition) is 1. The van der Waals surface area contributed by atoms with Gasteiger partial charge in [-0.1, -0.05) is 23.7 Å². The van der Waals surface area contributed by atoms with Gasteiger partial charge in [0, 0.05) is 29.7 Å². The lowest BCUT2D eigenvalue weighted by atomic mass is 10.2. The summed E-state index contributed by atoms with van der Waals surface area (Å²) in [5.74, 6) is 0.923. The highest BCUT2D eigenvalue weighted by Gasteiger charge is 2.05. The first-order valence-electron chi connectivity index (χ1n) is 6.74. The molecular weight excluding hydrogens is 282 g/mol. The average Bonchev–Trinajstić information content (AvgIpc) is 2.46. The molecule has 2 aromatic carbocycles. The number of nitrogens with zero attached hydrogens (tertiary/aromatic N) is 2. The summed E-state index contributed by atoms with van der Waals surface area (Å²) >= 11 is 6.02. The highest BCUT2D eigenvalue weighted by atomic mass is 35.5. The molecule has 0 aliphatic rings. The van der Waals surface area contributed by atoms with Crippen LogP contribution in [0.25, 0.3) is 10.9 Å². The third kappa shape index (κ3) is 3.09. The highest BCUT2D eigenvalue weighted by Crippen LogP contribution is 2.21. The van der Waals surface area contributed by atoms with Gasteiger partial charge in [-0.15, -0.1) is 0 Å². The van der Waals surface area contributed by atoms with Gasteiger partial charge in [0.05, 0.1) is 5.52 Å². The quantitative estimate of drug-likeness (QED) is 0.740. The molecule has 21 heavy (non-hydrogen) atoms. The van der Waals surface area contributed by atoms with Gasteiger partial charge in [-0.05, 0) is 48.0 Å². The summed E-state index contributed by atoms with van der Waals surface area (Å²) in [6.45, 7) is 0.758. The largest absolute Gasteiger partial charge is 0.399 e. The fourth-order valence-electron chi connectivity index (χ4n) is 2.34. The Morgan fingerprint density at radius 2 is 1.95 bits per heavy atom. The molecule has 0 radical (unpaired) electrons. The van der Waals surface area contributed by atoms with E-state index in [1.165, 1.54) is 0 Å². The second-order valence-corrected chi connectivity index (χ2v) is 5.54. The van der Waals surface area contributed by atoms with E-state index >= 15 is 0 Å². The maximum atomic E-state index is 6.02. The van der Waals surface area contributed by atoms with Crippen LogP contribution in [0, 0.1) is 0 Å². The van der Waals surface area contributed by atoms with E-state index in [-0.39, 0.29) is 0 Å². The van der Waals surface area contributed by atoms with E-state index in [9.17, 15) is 0 Å². The summed E-state index contributed by atoms with van der Waals surface area (Å²) in [6, 6.07) is 17.7. The van der Waals surface area contributed by atoms with Gasteiger partial charge in [0.25, 0.3) is 0 Å². The third-order valence-corrected chi connectivity index (χ3v) is 3.63. The van der Waals surface area contributed by atoms with Crippen LogP contribution in [0.3, 0.4) is 0 Å². The van der Waals surface area contributed by atoms with E-state index in [4.69, 9.17) is 17.3 Å². The molecule has 1 aromatic heterocycles. The number of anilines is 2. The average molecular weight is 298 g/mol. The van der Waals surface area contributed by atoms with E-state index in [1.54, 1.807) is 0 Å². The molecule has 0 amide bonds. The fraction of sp³-hybridized carbons (Fsp3) is 0.118. The number of hydrogen-bond acceptors (Lipinski definition) is 3. The molecule has 0 unspecified atom stereocenters. The topological polar surface area (TPSA) is 42.1 Å². The Balaban J connectivity index is 1.87. The number of nitrogen functional groups attached to an aromatic ring is 1. The maximum Gasteiger partial charge on any atom is 0.129 e. The molecule has 1 heterocycles. The van der Waals surface area contributed by atoms with Gasteiger partial charge < -0.3 is 10.6 Å². The first-order chi connectivity index (χ1) is 10.1. The number of halogens is 1. The summed E-state index contributed by atoms with van der Waals surface area (Å²) in [6.07, 6.45) is 0. The molecule has 0 saturated heterocycles. The zero-order chi connectivity index (χ0) is 14.8. The first-order valence-corrected chi connectivity index (χ1v) is 7.11. The smallest absolute Gasteiger partial charge is 0.129 e. The Bertz CT molecular complexity index is 786. The van der Waals surface area contributed by atoms with Crippen LogP contribution in [0.4, 0.5) is 11.5 Å². The Morgan fingerprint density at radius 1 is 1.10 bits per heavy atom. The fourth-order valence-corrected chi connectivity index (χ4v) is 2.55. The molecule has 2 N–H and O–H groups in total. The van der Waals surface area contributed by atoms with Gasteiger partial charge in [-0.2, -0.15) is 0 Å². The molecule has 3 rings (SSSR count). The van der Waals surface area contributed by atoms with Crippen LogP contribution >= 0.6 is 11.6 Å². The molecule has 0 aliphatic carbocycles. The minimum atomic E-state index is 0.753. The lowest BCUT2D eigenvalue weighted by Gasteiger charge is -2.19. The monoisotopic (exact) mass is 297 g/mol. The zero-order valence-corrected chi connectivity index (χ0v) is 12.5. The molecule has 0 fully saturated rings. The Morgan fingerprint density at radius 3 is 2.76 bits per heavy atom. The number of nitrogens with two attached hydrogens (primary N) is 1. The third-order valence-electron chi connectivity index (χ3n) is 3.40. The molecule has 0 spiro atoms. The van der Waals surface area contributed by atoms with E-state index < -0.39 is 0 Å². The summed E-state index contributed by atoms with van der Waals surface area (Å²) in [4.78, 5) is 6.77. The second-order valence-electron chi connectivity index (χ2n) is 5.11. The standard InChI is InChI=1S/C17H16ClN3/c1-21(11-12-3-2-4-14(18)9-12)17-8-5-13-10-15(19)6-7-16(13)20-17/h2-10H,11,19H2,1H3. The molecule has 106 valence electrons. The first kappa shape index (κ1) is 13.7. The minimum absolute atomic E-state index is 0.753. The molecule has 3 aromatic rings. The molecule has 0 bridgehead atoms. The highest BCUT2D eigenvalue weighted by molar-refractivity contribution is 6.30. The lowest BCUT2D eigenvalue weighted by Crippen LogP contribution is -2.17. The van der Waals surface area contributed by atoms with Gasteiger partial charge in [-0.3, -0.25) is 0 Å². The Labute approximate surface area is 129 Å². The van der Waals surface area contributed by atoms with Crippen LogP contribution in [-0.2, 0) is 6.54 Å². The molecule has 4 heteroatoms. The van der Waals surface area contributed by atoms with Crippen molar-refractivity contribution in [3.05, 3.63) is 65.2 Å². The lowest BCUT2D eigenvalue weighted by molar-refractivity contribution is 0.903. The van der Waals surface area contributed by atoms with Gasteiger partial charge in [0.2, 0.25) is 0 Å². The molecular formula is C17H16ClN3. The predicted molar refractivity (Wildman–Crippen MR) is 89.7 cm³/mol. The van der Waals surface area contributed by atoms with Gasteiger partial charge in [0.1, 0.15) is 5.82 Å². The van der Waals surface area contributed by atoms with Crippen LogP contribution in [0.5, 0.6) is 0 Å². The normalized spacial score (nSPS) is 10.8. The van der Waals surface area contributed by atoms with Crippen LogP contribution < -0.4 is 10.6 Å². The van der Waals surface area contributed by atoms with Crippen molar-refractivity contribution in [3.63, 3.8) is 0 Å². The number of pyridine rings is 1. The van der Waals surface area contributed by atoms with Crippen molar-refractivity contribution >= 4 is 34.0 Å². The van der Waals surface area contributed by atoms with E-state index in [2.05, 4.69) is 16.0 Å². The maximum absolute atomic E-state index is 6.02. The number of benzene rings is 2. The Kier molecular flexibility index (Phi) is 3.67. The second kappa shape index (κ2) is 5.62. The molecule has 3 nitrogen and oxygen atoms in total. The van der Waals surface area contributed by atoms with Crippen molar-refractivity contribution in [1.29, 1.82) is 0 Å². The predicted octanol–water partition coefficient (Wildman–Crippen LogP) is 4.11.